The predicted molar refractivity (Wildman–Crippen MR) is 204 cm³/mol. The molecule has 2 heterocycles. The molecule has 0 atom stereocenters. The first-order valence-electron chi connectivity index (χ1n) is 16.6. The van der Waals surface area contributed by atoms with Crippen molar-refractivity contribution in [2.24, 2.45) is 0 Å². The molecule has 0 aliphatic heterocycles. The van der Waals surface area contributed by atoms with Gasteiger partial charge >= 0.3 is 0 Å². The van der Waals surface area contributed by atoms with Crippen LogP contribution in [-0.4, -0.2) is 9.97 Å². The number of fused-ring (bicyclic) bond motifs is 6. The van der Waals surface area contributed by atoms with Crippen LogP contribution in [0.5, 0.6) is 0 Å². The highest BCUT2D eigenvalue weighted by atomic mass is 16.3. The molecular formula is C46H28N2O. The molecule has 2 aromatic heterocycles. The van der Waals surface area contributed by atoms with Crippen molar-refractivity contribution in [1.82, 2.24) is 9.97 Å². The Hall–Kier alpha value is -6.58. The zero-order valence-electron chi connectivity index (χ0n) is 26.5. The number of rotatable bonds is 4. The van der Waals surface area contributed by atoms with Crippen molar-refractivity contribution in [1.29, 1.82) is 0 Å². The fourth-order valence-corrected chi connectivity index (χ4v) is 7.14. The number of aromatic nitrogens is 2. The van der Waals surface area contributed by atoms with Gasteiger partial charge in [-0.05, 0) is 85.9 Å². The molecule has 0 radical (unpaired) electrons. The van der Waals surface area contributed by atoms with Gasteiger partial charge in [0, 0.05) is 27.5 Å². The van der Waals surface area contributed by atoms with E-state index >= 15 is 0 Å². The average molecular weight is 625 g/mol. The molecule has 3 nitrogen and oxygen atoms in total. The highest BCUT2D eigenvalue weighted by molar-refractivity contribution is 6.16. The second kappa shape index (κ2) is 11.0. The molecule has 3 heteroatoms. The molecule has 10 aromatic rings. The Morgan fingerprint density at radius 2 is 0.878 bits per heavy atom. The molecule has 49 heavy (non-hydrogen) atoms. The molecular weight excluding hydrogens is 597 g/mol. The Bertz CT molecular complexity index is 2790. The minimum atomic E-state index is 0.651. The summed E-state index contributed by atoms with van der Waals surface area (Å²) in [6.07, 6.45) is 0. The van der Waals surface area contributed by atoms with Crippen LogP contribution in [0.25, 0.3) is 99.3 Å². The molecule has 0 amide bonds. The van der Waals surface area contributed by atoms with E-state index < -0.39 is 0 Å². The minimum Gasteiger partial charge on any atom is -0.456 e. The summed E-state index contributed by atoms with van der Waals surface area (Å²) in [5.41, 5.74) is 8.62. The van der Waals surface area contributed by atoms with E-state index in [9.17, 15) is 0 Å². The smallest absolute Gasteiger partial charge is 0.160 e. The molecule has 228 valence electrons. The Morgan fingerprint density at radius 1 is 0.347 bits per heavy atom. The molecule has 0 aliphatic carbocycles. The van der Waals surface area contributed by atoms with E-state index in [0.717, 1.165) is 66.5 Å². The van der Waals surface area contributed by atoms with Crippen LogP contribution in [0.3, 0.4) is 0 Å². The largest absolute Gasteiger partial charge is 0.456 e. The van der Waals surface area contributed by atoms with Crippen LogP contribution in [-0.2, 0) is 0 Å². The third-order valence-electron chi connectivity index (χ3n) is 9.60. The summed E-state index contributed by atoms with van der Waals surface area (Å²) in [5, 5.41) is 9.29. The first kappa shape index (κ1) is 27.5. The Labute approximate surface area is 282 Å². The SMILES string of the molecule is c1ccc(-c2cc(-c3nc(-c4ccc5ccccc5c4)cc(-c4ccc5ccccc5c4)n3)cc3oc4cc5ccccc5cc4c23)cc1. The van der Waals surface area contributed by atoms with Crippen molar-refractivity contribution in [2.45, 2.75) is 0 Å². The van der Waals surface area contributed by atoms with E-state index in [2.05, 4.69) is 170 Å². The third kappa shape index (κ3) is 4.75. The van der Waals surface area contributed by atoms with Crippen molar-refractivity contribution in [3.05, 3.63) is 170 Å². The Kier molecular flexibility index (Phi) is 6.18. The number of furan rings is 1. The van der Waals surface area contributed by atoms with Gasteiger partial charge in [0.15, 0.2) is 5.82 Å². The lowest BCUT2D eigenvalue weighted by atomic mass is 9.95. The molecule has 0 unspecified atom stereocenters. The van der Waals surface area contributed by atoms with Gasteiger partial charge in [0.05, 0.1) is 11.4 Å². The van der Waals surface area contributed by atoms with E-state index in [4.69, 9.17) is 14.4 Å². The number of hydrogen-bond donors (Lipinski definition) is 0. The number of benzene rings is 8. The van der Waals surface area contributed by atoms with E-state index in [0.29, 0.717) is 5.82 Å². The topological polar surface area (TPSA) is 38.9 Å². The molecule has 0 saturated heterocycles. The van der Waals surface area contributed by atoms with Gasteiger partial charge in [-0.25, -0.2) is 9.97 Å². The van der Waals surface area contributed by atoms with Crippen LogP contribution in [0.15, 0.2) is 174 Å². The maximum Gasteiger partial charge on any atom is 0.160 e. The first-order valence-corrected chi connectivity index (χ1v) is 16.6. The zero-order valence-corrected chi connectivity index (χ0v) is 26.5. The molecule has 0 N–H and O–H groups in total. The number of nitrogens with zero attached hydrogens (tertiary/aromatic N) is 2. The average Bonchev–Trinajstić information content (AvgIpc) is 3.53. The van der Waals surface area contributed by atoms with Crippen LogP contribution in [0.2, 0.25) is 0 Å². The fraction of sp³-hybridized carbons (Fsp3) is 0. The maximum absolute atomic E-state index is 6.66. The van der Waals surface area contributed by atoms with Crippen molar-refractivity contribution in [3.63, 3.8) is 0 Å². The summed E-state index contributed by atoms with van der Waals surface area (Å²) >= 11 is 0. The third-order valence-corrected chi connectivity index (χ3v) is 9.60. The molecule has 10 rings (SSSR count). The van der Waals surface area contributed by atoms with Crippen molar-refractivity contribution in [3.8, 4) is 45.0 Å². The van der Waals surface area contributed by atoms with Crippen LogP contribution >= 0.6 is 0 Å². The number of hydrogen-bond acceptors (Lipinski definition) is 3. The highest BCUT2D eigenvalue weighted by Gasteiger charge is 2.19. The van der Waals surface area contributed by atoms with Crippen LogP contribution < -0.4 is 0 Å². The van der Waals surface area contributed by atoms with Crippen LogP contribution in [0.4, 0.5) is 0 Å². The summed E-state index contributed by atoms with van der Waals surface area (Å²) in [4.78, 5) is 10.5. The fourth-order valence-electron chi connectivity index (χ4n) is 7.14. The van der Waals surface area contributed by atoms with Gasteiger partial charge in [-0.1, -0.05) is 127 Å². The highest BCUT2D eigenvalue weighted by Crippen LogP contribution is 2.41. The van der Waals surface area contributed by atoms with E-state index in [1.54, 1.807) is 0 Å². The van der Waals surface area contributed by atoms with E-state index in [1.165, 1.54) is 26.9 Å². The molecule has 0 aliphatic rings. The Balaban J connectivity index is 1.24. The van der Waals surface area contributed by atoms with Crippen LogP contribution in [0, 0.1) is 0 Å². The standard InChI is InChI=1S/C46H28N2O/c1-2-12-31(13-3-1)39-25-38(27-44-45(39)40-24-34-16-8-9-17-35(34)26-43(40)49-44)46-47-41(36-20-18-29-10-4-6-14-32(29)22-36)28-42(48-46)37-21-19-30-11-5-7-15-33(30)23-37/h1-28H. The summed E-state index contributed by atoms with van der Waals surface area (Å²) in [7, 11) is 0. The lowest BCUT2D eigenvalue weighted by molar-refractivity contribution is 0.669. The van der Waals surface area contributed by atoms with Gasteiger partial charge in [-0.2, -0.15) is 0 Å². The van der Waals surface area contributed by atoms with Gasteiger partial charge in [0.2, 0.25) is 0 Å². The van der Waals surface area contributed by atoms with E-state index in [-0.39, 0.29) is 0 Å². The predicted octanol–water partition coefficient (Wildman–Crippen LogP) is 12.5. The first-order chi connectivity index (χ1) is 24.2. The van der Waals surface area contributed by atoms with Gasteiger partial charge in [-0.15, -0.1) is 0 Å². The summed E-state index contributed by atoms with van der Waals surface area (Å²) in [6.45, 7) is 0. The summed E-state index contributed by atoms with van der Waals surface area (Å²) < 4.78 is 6.66. The van der Waals surface area contributed by atoms with Gasteiger partial charge in [-0.3, -0.25) is 0 Å². The van der Waals surface area contributed by atoms with Gasteiger partial charge < -0.3 is 4.42 Å². The monoisotopic (exact) mass is 624 g/mol. The van der Waals surface area contributed by atoms with Gasteiger partial charge in [0.1, 0.15) is 11.2 Å². The maximum atomic E-state index is 6.66. The normalized spacial score (nSPS) is 11.7. The molecule has 8 aromatic carbocycles. The second-order valence-corrected chi connectivity index (χ2v) is 12.6. The second-order valence-electron chi connectivity index (χ2n) is 12.6. The summed E-state index contributed by atoms with van der Waals surface area (Å²) in [5.74, 6) is 0.651. The lowest BCUT2D eigenvalue weighted by Gasteiger charge is -2.12. The Morgan fingerprint density at radius 3 is 1.49 bits per heavy atom. The van der Waals surface area contributed by atoms with Crippen molar-refractivity contribution in [2.75, 3.05) is 0 Å². The molecule has 0 fully saturated rings. The minimum absolute atomic E-state index is 0.651. The molecule has 0 bridgehead atoms. The van der Waals surface area contributed by atoms with Crippen LogP contribution in [0.1, 0.15) is 0 Å². The van der Waals surface area contributed by atoms with E-state index in [1.807, 2.05) is 0 Å². The molecule has 0 spiro atoms. The quantitative estimate of drug-likeness (QED) is 0.196. The summed E-state index contributed by atoms with van der Waals surface area (Å²) in [6, 6.07) is 59.8. The van der Waals surface area contributed by atoms with Crippen molar-refractivity contribution < 1.29 is 4.42 Å². The lowest BCUT2D eigenvalue weighted by Crippen LogP contribution is -1.96. The van der Waals surface area contributed by atoms with Gasteiger partial charge in [0.25, 0.3) is 0 Å². The van der Waals surface area contributed by atoms with Crippen molar-refractivity contribution >= 4 is 54.3 Å². The zero-order chi connectivity index (χ0) is 32.3. The molecule has 0 saturated carbocycles.